The van der Waals surface area contributed by atoms with Gasteiger partial charge in [0.25, 0.3) is 0 Å². The third-order valence-corrected chi connectivity index (χ3v) is 7.33. The zero-order valence-corrected chi connectivity index (χ0v) is 21.4. The zero-order valence-electron chi connectivity index (χ0n) is 21.4. The van der Waals surface area contributed by atoms with Crippen LogP contribution in [0.15, 0.2) is 66.7 Å². The lowest BCUT2D eigenvalue weighted by Crippen LogP contribution is -2.55. The molecule has 1 fully saturated rings. The Balaban J connectivity index is 1.52. The van der Waals surface area contributed by atoms with Gasteiger partial charge >= 0.3 is 12.2 Å². The monoisotopic (exact) mass is 500 g/mol. The summed E-state index contributed by atoms with van der Waals surface area (Å²) in [5, 5.41) is 12.1. The second-order valence-electron chi connectivity index (χ2n) is 10.9. The van der Waals surface area contributed by atoms with Crippen molar-refractivity contribution >= 4 is 28.7 Å². The van der Waals surface area contributed by atoms with E-state index in [9.17, 15) is 19.5 Å². The molecule has 2 amide bonds. The number of amides is 2. The first-order chi connectivity index (χ1) is 17.6. The number of hydrogen-bond donors (Lipinski definition) is 1. The third-order valence-electron chi connectivity index (χ3n) is 7.33. The van der Waals surface area contributed by atoms with Crippen LogP contribution in [0, 0.1) is 0 Å². The number of hydrogen-bond acceptors (Lipinski definition) is 4. The van der Waals surface area contributed by atoms with Gasteiger partial charge in [-0.2, -0.15) is 0 Å². The SMILES string of the molecule is CC(C)(C)OC(=O)N1[C@@H](C(=O)C2Cc3c(ccc4ccccc34)CN2C(=O)O)CC[C@H]1c1ccccc1. The molecular weight excluding hydrogens is 468 g/mol. The van der Waals surface area contributed by atoms with Crippen molar-refractivity contribution in [3.8, 4) is 0 Å². The standard InChI is InChI=1S/C30H32N2O5/c1-30(2,3)37-29(36)32-24(20-10-5-4-6-11-20)15-16-25(32)27(33)26-17-23-21(18-31(26)28(34)35)14-13-19-9-7-8-12-22(19)23/h4-14,24-26H,15-18H2,1-3H3,(H,34,35)/t24-,25+,26?/m0/s1. The average molecular weight is 501 g/mol. The molecule has 0 radical (unpaired) electrons. The fourth-order valence-electron chi connectivity index (χ4n) is 5.71. The number of rotatable bonds is 3. The molecule has 0 bridgehead atoms. The van der Waals surface area contributed by atoms with Crippen LogP contribution in [-0.2, 0) is 22.5 Å². The van der Waals surface area contributed by atoms with Crippen LogP contribution in [0.2, 0.25) is 0 Å². The Hall–Kier alpha value is -3.87. The number of likely N-dealkylation sites (tertiary alicyclic amines) is 1. The molecule has 0 saturated carbocycles. The van der Waals surface area contributed by atoms with Gasteiger partial charge in [-0.1, -0.05) is 66.7 Å². The number of carboxylic acid groups (broad SMARTS) is 1. The zero-order chi connectivity index (χ0) is 26.3. The molecule has 0 aromatic heterocycles. The van der Waals surface area contributed by atoms with E-state index in [-0.39, 0.29) is 24.8 Å². The lowest BCUT2D eigenvalue weighted by Gasteiger charge is -2.38. The van der Waals surface area contributed by atoms with E-state index < -0.39 is 29.9 Å². The van der Waals surface area contributed by atoms with Crippen molar-refractivity contribution in [2.75, 3.05) is 0 Å². The van der Waals surface area contributed by atoms with Gasteiger partial charge in [0.15, 0.2) is 5.78 Å². The number of benzene rings is 3. The van der Waals surface area contributed by atoms with Crippen molar-refractivity contribution in [3.05, 3.63) is 83.4 Å². The molecule has 7 heteroatoms. The number of Topliss-reactive ketones (excluding diaryl/α,β-unsaturated/α-hetero) is 1. The van der Waals surface area contributed by atoms with Crippen LogP contribution in [0.25, 0.3) is 10.8 Å². The minimum absolute atomic E-state index is 0.132. The summed E-state index contributed by atoms with van der Waals surface area (Å²) in [4.78, 5) is 42.7. The molecule has 0 spiro atoms. The van der Waals surface area contributed by atoms with Crippen LogP contribution in [0.5, 0.6) is 0 Å². The van der Waals surface area contributed by atoms with Crippen LogP contribution in [0.1, 0.15) is 56.3 Å². The number of ether oxygens (including phenoxy) is 1. The predicted molar refractivity (Wildman–Crippen MR) is 140 cm³/mol. The average Bonchev–Trinajstić information content (AvgIpc) is 3.32. The largest absolute Gasteiger partial charge is 0.465 e. The first-order valence-corrected chi connectivity index (χ1v) is 12.7. The Morgan fingerprint density at radius 3 is 2.30 bits per heavy atom. The van der Waals surface area contributed by atoms with Gasteiger partial charge in [-0.25, -0.2) is 9.59 Å². The van der Waals surface area contributed by atoms with Crippen LogP contribution in [0.3, 0.4) is 0 Å². The van der Waals surface area contributed by atoms with E-state index in [0.717, 1.165) is 27.5 Å². The summed E-state index contributed by atoms with van der Waals surface area (Å²) >= 11 is 0. The molecule has 3 aromatic rings. The van der Waals surface area contributed by atoms with Crippen LogP contribution >= 0.6 is 0 Å². The van der Waals surface area contributed by atoms with E-state index in [1.54, 1.807) is 25.7 Å². The number of carbonyl (C=O) groups excluding carboxylic acids is 2. The van der Waals surface area contributed by atoms with Gasteiger partial charge in [0.2, 0.25) is 0 Å². The maximum Gasteiger partial charge on any atom is 0.411 e. The lowest BCUT2D eigenvalue weighted by atomic mass is 9.86. The van der Waals surface area contributed by atoms with E-state index in [0.29, 0.717) is 12.8 Å². The Kier molecular flexibility index (Phi) is 6.40. The topological polar surface area (TPSA) is 87.2 Å². The predicted octanol–water partition coefficient (Wildman–Crippen LogP) is 5.95. The van der Waals surface area contributed by atoms with E-state index >= 15 is 0 Å². The van der Waals surface area contributed by atoms with E-state index in [1.165, 1.54) is 4.90 Å². The summed E-state index contributed by atoms with van der Waals surface area (Å²) in [6.45, 7) is 5.52. The lowest BCUT2D eigenvalue weighted by molar-refractivity contribution is -0.129. The third kappa shape index (κ3) is 4.78. The second-order valence-corrected chi connectivity index (χ2v) is 10.9. The molecule has 37 heavy (non-hydrogen) atoms. The van der Waals surface area contributed by atoms with Crippen molar-refractivity contribution in [3.63, 3.8) is 0 Å². The van der Waals surface area contributed by atoms with Gasteiger partial charge < -0.3 is 9.84 Å². The van der Waals surface area contributed by atoms with Crippen molar-refractivity contribution in [2.45, 2.75) is 70.3 Å². The second kappa shape index (κ2) is 9.54. The smallest absolute Gasteiger partial charge is 0.411 e. The van der Waals surface area contributed by atoms with Gasteiger partial charge in [-0.05, 0) is 61.1 Å². The summed E-state index contributed by atoms with van der Waals surface area (Å²) in [7, 11) is 0. The van der Waals surface area contributed by atoms with Crippen LogP contribution in [0.4, 0.5) is 9.59 Å². The fourth-order valence-corrected chi connectivity index (χ4v) is 5.71. The molecular formula is C30H32N2O5. The first-order valence-electron chi connectivity index (χ1n) is 12.7. The Morgan fingerprint density at radius 1 is 0.892 bits per heavy atom. The molecule has 1 N–H and O–H groups in total. The normalized spacial score (nSPS) is 21.5. The highest BCUT2D eigenvalue weighted by Gasteiger charge is 2.47. The molecule has 2 aliphatic heterocycles. The van der Waals surface area contributed by atoms with Crippen molar-refractivity contribution < 1.29 is 24.2 Å². The molecule has 2 aliphatic rings. The summed E-state index contributed by atoms with van der Waals surface area (Å²) < 4.78 is 5.73. The molecule has 5 rings (SSSR count). The van der Waals surface area contributed by atoms with Crippen molar-refractivity contribution in [2.24, 2.45) is 0 Å². The Morgan fingerprint density at radius 2 is 1.59 bits per heavy atom. The Bertz CT molecular complexity index is 1350. The highest BCUT2D eigenvalue weighted by Crippen LogP contribution is 2.40. The first kappa shape index (κ1) is 24.8. The number of ketones is 1. The quantitative estimate of drug-likeness (QED) is 0.480. The molecule has 1 unspecified atom stereocenters. The molecule has 2 heterocycles. The summed E-state index contributed by atoms with van der Waals surface area (Å²) in [6, 6.07) is 19.5. The Labute approximate surface area is 216 Å². The minimum Gasteiger partial charge on any atom is -0.465 e. The van der Waals surface area contributed by atoms with Gasteiger partial charge in [-0.3, -0.25) is 14.6 Å². The van der Waals surface area contributed by atoms with E-state index in [4.69, 9.17) is 4.74 Å². The summed E-state index contributed by atoms with van der Waals surface area (Å²) in [6.07, 6.45) is -0.376. The molecule has 7 nitrogen and oxygen atoms in total. The highest BCUT2D eigenvalue weighted by molar-refractivity contribution is 5.96. The van der Waals surface area contributed by atoms with Crippen LogP contribution in [-0.4, -0.2) is 50.6 Å². The number of carbonyl (C=O) groups is 3. The van der Waals surface area contributed by atoms with E-state index in [2.05, 4.69) is 0 Å². The van der Waals surface area contributed by atoms with Gasteiger partial charge in [-0.15, -0.1) is 0 Å². The van der Waals surface area contributed by atoms with Gasteiger partial charge in [0.05, 0.1) is 18.6 Å². The highest BCUT2D eigenvalue weighted by atomic mass is 16.6. The molecule has 0 aliphatic carbocycles. The molecule has 192 valence electrons. The number of nitrogens with zero attached hydrogens (tertiary/aromatic N) is 2. The number of fused-ring (bicyclic) bond motifs is 3. The minimum atomic E-state index is -1.14. The van der Waals surface area contributed by atoms with Crippen LogP contribution < -0.4 is 0 Å². The summed E-state index contributed by atoms with van der Waals surface area (Å²) in [5.41, 5.74) is 2.10. The fraction of sp³-hybridized carbons (Fsp3) is 0.367. The van der Waals surface area contributed by atoms with Crippen molar-refractivity contribution in [1.82, 2.24) is 9.80 Å². The van der Waals surface area contributed by atoms with Gasteiger partial charge in [0.1, 0.15) is 11.6 Å². The molecule has 1 saturated heterocycles. The maximum atomic E-state index is 14.2. The molecule has 3 aromatic carbocycles. The molecule has 3 atom stereocenters. The maximum absolute atomic E-state index is 14.2. The van der Waals surface area contributed by atoms with E-state index in [1.807, 2.05) is 66.7 Å². The van der Waals surface area contributed by atoms with Crippen molar-refractivity contribution in [1.29, 1.82) is 0 Å². The summed E-state index contributed by atoms with van der Waals surface area (Å²) in [5.74, 6) is -0.259. The van der Waals surface area contributed by atoms with Gasteiger partial charge in [0, 0.05) is 6.42 Å².